The second kappa shape index (κ2) is 8.53. The first kappa shape index (κ1) is 19.3. The molecule has 0 spiro atoms. The van der Waals surface area contributed by atoms with Gasteiger partial charge in [0.25, 0.3) is 0 Å². The minimum absolute atomic E-state index is 0.111. The summed E-state index contributed by atoms with van der Waals surface area (Å²) in [5, 5.41) is 11.2. The highest BCUT2D eigenvalue weighted by Gasteiger charge is 2.32. The Morgan fingerprint density at radius 1 is 1.10 bits per heavy atom. The van der Waals surface area contributed by atoms with E-state index >= 15 is 0 Å². The van der Waals surface area contributed by atoms with Gasteiger partial charge in [0.1, 0.15) is 24.0 Å². The van der Waals surface area contributed by atoms with E-state index in [1.165, 1.54) is 12.1 Å². The molecular formula is C22H24FN5O. The van der Waals surface area contributed by atoms with E-state index in [1.54, 1.807) is 18.5 Å². The van der Waals surface area contributed by atoms with Gasteiger partial charge in [-0.3, -0.25) is 9.69 Å². The lowest BCUT2D eigenvalue weighted by atomic mass is 9.93. The molecule has 0 saturated carbocycles. The second-order valence-corrected chi connectivity index (χ2v) is 7.42. The summed E-state index contributed by atoms with van der Waals surface area (Å²) >= 11 is 0. The molecule has 2 heterocycles. The third-order valence-corrected chi connectivity index (χ3v) is 5.48. The number of anilines is 1. The lowest BCUT2D eigenvalue weighted by Gasteiger charge is -2.36. The smallest absolute Gasteiger partial charge is 0.246 e. The van der Waals surface area contributed by atoms with Crippen molar-refractivity contribution in [2.45, 2.75) is 24.8 Å². The Labute approximate surface area is 169 Å². The molecule has 1 aromatic heterocycles. The number of carbonyl (C=O) groups excluding carboxylic acids is 1. The van der Waals surface area contributed by atoms with Gasteiger partial charge < -0.3 is 9.88 Å². The van der Waals surface area contributed by atoms with Crippen molar-refractivity contribution in [3.63, 3.8) is 0 Å². The maximum absolute atomic E-state index is 13.2. The number of aryl methyl sites for hydroxylation is 1. The van der Waals surface area contributed by atoms with Crippen LogP contribution >= 0.6 is 0 Å². The molecule has 1 atom stereocenters. The standard InChI is InChI=1S/C22H24FN5O/c1-27-15-24-26-21(27)17-11-13-28(14-12-17)20(16-5-3-2-4-6-16)22(29)25-19-9-7-18(23)8-10-19/h2-10,15,17,20H,11-14H2,1H3,(H,25,29)/t20-/m0/s1. The van der Waals surface area contributed by atoms with E-state index < -0.39 is 6.04 Å². The fraction of sp³-hybridized carbons (Fsp3) is 0.318. The predicted molar refractivity (Wildman–Crippen MR) is 109 cm³/mol. The highest BCUT2D eigenvalue weighted by molar-refractivity contribution is 5.95. The summed E-state index contributed by atoms with van der Waals surface area (Å²) in [6, 6.07) is 15.2. The van der Waals surface area contributed by atoms with Gasteiger partial charge in [-0.25, -0.2) is 4.39 Å². The third-order valence-electron chi connectivity index (χ3n) is 5.48. The fourth-order valence-electron chi connectivity index (χ4n) is 3.98. The average Bonchev–Trinajstić information content (AvgIpc) is 3.17. The number of nitrogens with zero attached hydrogens (tertiary/aromatic N) is 4. The van der Waals surface area contributed by atoms with E-state index in [1.807, 2.05) is 41.9 Å². The summed E-state index contributed by atoms with van der Waals surface area (Å²) in [6.07, 6.45) is 3.56. The van der Waals surface area contributed by atoms with Crippen molar-refractivity contribution in [3.8, 4) is 0 Å². The molecule has 0 unspecified atom stereocenters. The van der Waals surface area contributed by atoms with Gasteiger partial charge in [0.05, 0.1) is 0 Å². The van der Waals surface area contributed by atoms with Gasteiger partial charge >= 0.3 is 0 Å². The highest BCUT2D eigenvalue weighted by atomic mass is 19.1. The van der Waals surface area contributed by atoms with Crippen LogP contribution in [0.4, 0.5) is 10.1 Å². The third kappa shape index (κ3) is 4.35. The number of aromatic nitrogens is 3. The maximum atomic E-state index is 13.2. The van der Waals surface area contributed by atoms with E-state index in [-0.39, 0.29) is 11.7 Å². The highest BCUT2D eigenvalue weighted by Crippen LogP contribution is 2.32. The molecule has 2 aromatic carbocycles. The number of hydrogen-bond donors (Lipinski definition) is 1. The van der Waals surface area contributed by atoms with E-state index in [0.29, 0.717) is 11.6 Å². The number of halogens is 1. The first-order valence-electron chi connectivity index (χ1n) is 9.81. The van der Waals surface area contributed by atoms with Crippen LogP contribution < -0.4 is 5.32 Å². The number of hydrogen-bond acceptors (Lipinski definition) is 4. The van der Waals surface area contributed by atoms with Gasteiger partial charge in [-0.15, -0.1) is 10.2 Å². The summed E-state index contributed by atoms with van der Waals surface area (Å²) < 4.78 is 15.2. The topological polar surface area (TPSA) is 63.1 Å². The maximum Gasteiger partial charge on any atom is 0.246 e. The van der Waals surface area contributed by atoms with Crippen molar-refractivity contribution in [1.82, 2.24) is 19.7 Å². The van der Waals surface area contributed by atoms with Gasteiger partial charge in [0.2, 0.25) is 5.91 Å². The number of piperidine rings is 1. The van der Waals surface area contributed by atoms with Crippen LogP contribution in [0.5, 0.6) is 0 Å². The quantitative estimate of drug-likeness (QED) is 0.721. The van der Waals surface area contributed by atoms with Gasteiger partial charge in [-0.05, 0) is 55.8 Å². The van der Waals surface area contributed by atoms with E-state index in [0.717, 1.165) is 37.3 Å². The van der Waals surface area contributed by atoms with Crippen LogP contribution in [0.15, 0.2) is 60.9 Å². The summed E-state index contributed by atoms with van der Waals surface area (Å²) in [5.74, 6) is 0.903. The molecule has 0 bridgehead atoms. The van der Waals surface area contributed by atoms with Crippen molar-refractivity contribution in [2.75, 3.05) is 18.4 Å². The Balaban J connectivity index is 1.51. The monoisotopic (exact) mass is 393 g/mol. The van der Waals surface area contributed by atoms with Crippen LogP contribution in [0.2, 0.25) is 0 Å². The Kier molecular flexibility index (Phi) is 5.67. The molecular weight excluding hydrogens is 369 g/mol. The van der Waals surface area contributed by atoms with Crippen molar-refractivity contribution >= 4 is 11.6 Å². The lowest BCUT2D eigenvalue weighted by Crippen LogP contribution is -2.42. The molecule has 0 aliphatic carbocycles. The predicted octanol–water partition coefficient (Wildman–Crippen LogP) is 3.51. The molecule has 0 radical (unpaired) electrons. The van der Waals surface area contributed by atoms with E-state index in [9.17, 15) is 9.18 Å². The summed E-state index contributed by atoms with van der Waals surface area (Å²) in [7, 11) is 1.96. The summed E-state index contributed by atoms with van der Waals surface area (Å²) in [5.41, 5.74) is 1.54. The number of likely N-dealkylation sites (tertiary alicyclic amines) is 1. The Morgan fingerprint density at radius 2 is 1.79 bits per heavy atom. The number of amides is 1. The van der Waals surface area contributed by atoms with Gasteiger partial charge in [-0.2, -0.15) is 0 Å². The summed E-state index contributed by atoms with van der Waals surface area (Å²) in [6.45, 7) is 1.57. The molecule has 4 rings (SSSR count). The number of carbonyl (C=O) groups is 1. The normalized spacial score (nSPS) is 16.5. The lowest BCUT2D eigenvalue weighted by molar-refractivity contribution is -0.122. The SMILES string of the molecule is Cn1cnnc1C1CCN([C@H](C(=O)Nc2ccc(F)cc2)c2ccccc2)CC1. The van der Waals surface area contributed by atoms with Gasteiger partial charge in [-0.1, -0.05) is 30.3 Å². The molecule has 1 aliphatic rings. The zero-order valence-corrected chi connectivity index (χ0v) is 16.3. The van der Waals surface area contributed by atoms with E-state index in [2.05, 4.69) is 20.4 Å². The van der Waals surface area contributed by atoms with Crippen LogP contribution in [0.3, 0.4) is 0 Å². The molecule has 1 N–H and O–H groups in total. The Bertz CT molecular complexity index is 949. The van der Waals surface area contributed by atoms with Crippen molar-refractivity contribution in [2.24, 2.45) is 7.05 Å². The van der Waals surface area contributed by atoms with Crippen LogP contribution in [-0.2, 0) is 11.8 Å². The molecule has 1 saturated heterocycles. The van der Waals surface area contributed by atoms with E-state index in [4.69, 9.17) is 0 Å². The van der Waals surface area contributed by atoms with Crippen LogP contribution in [0.1, 0.15) is 36.2 Å². The molecule has 150 valence electrons. The number of nitrogens with one attached hydrogen (secondary N) is 1. The Morgan fingerprint density at radius 3 is 2.41 bits per heavy atom. The second-order valence-electron chi connectivity index (χ2n) is 7.42. The molecule has 1 fully saturated rings. The van der Waals surface area contributed by atoms with Crippen LogP contribution in [0.25, 0.3) is 0 Å². The van der Waals surface area contributed by atoms with Crippen molar-refractivity contribution < 1.29 is 9.18 Å². The number of benzene rings is 2. The summed E-state index contributed by atoms with van der Waals surface area (Å²) in [4.78, 5) is 15.4. The zero-order valence-electron chi connectivity index (χ0n) is 16.3. The van der Waals surface area contributed by atoms with Crippen LogP contribution in [-0.4, -0.2) is 38.7 Å². The average molecular weight is 393 g/mol. The first-order valence-corrected chi connectivity index (χ1v) is 9.81. The number of rotatable bonds is 5. The molecule has 6 nitrogen and oxygen atoms in total. The first-order chi connectivity index (χ1) is 14.1. The van der Waals surface area contributed by atoms with Gasteiger partial charge in [0, 0.05) is 18.7 Å². The molecule has 7 heteroatoms. The van der Waals surface area contributed by atoms with Gasteiger partial charge in [0.15, 0.2) is 0 Å². The largest absolute Gasteiger partial charge is 0.324 e. The fourth-order valence-corrected chi connectivity index (χ4v) is 3.98. The van der Waals surface area contributed by atoms with Crippen molar-refractivity contribution in [1.29, 1.82) is 0 Å². The van der Waals surface area contributed by atoms with Crippen LogP contribution in [0, 0.1) is 5.82 Å². The Hall–Kier alpha value is -3.06. The van der Waals surface area contributed by atoms with Crippen molar-refractivity contribution in [3.05, 3.63) is 78.1 Å². The minimum atomic E-state index is -0.401. The molecule has 3 aromatic rings. The minimum Gasteiger partial charge on any atom is -0.324 e. The molecule has 1 amide bonds. The molecule has 1 aliphatic heterocycles. The zero-order chi connectivity index (χ0) is 20.2. The molecule has 29 heavy (non-hydrogen) atoms.